The lowest BCUT2D eigenvalue weighted by atomic mass is 10.0. The molecule has 0 bridgehead atoms. The van der Waals surface area contributed by atoms with Gasteiger partial charge in [0.25, 0.3) is 0 Å². The quantitative estimate of drug-likeness (QED) is 0.636. The lowest BCUT2D eigenvalue weighted by Gasteiger charge is -2.30. The second-order valence-electron chi connectivity index (χ2n) is 7.14. The van der Waals surface area contributed by atoms with Gasteiger partial charge in [-0.3, -0.25) is 4.99 Å². The van der Waals surface area contributed by atoms with Gasteiger partial charge in [0, 0.05) is 30.8 Å². The molecule has 1 fully saturated rings. The van der Waals surface area contributed by atoms with Crippen LogP contribution in [0, 0.1) is 17.5 Å². The van der Waals surface area contributed by atoms with E-state index in [4.69, 9.17) is 9.47 Å². The highest BCUT2D eigenvalue weighted by molar-refractivity contribution is 5.72. The number of aromatic nitrogens is 2. The van der Waals surface area contributed by atoms with Crippen LogP contribution in [0.1, 0.15) is 37.4 Å². The lowest BCUT2D eigenvalue weighted by molar-refractivity contribution is 0.00293. The minimum Gasteiger partial charge on any atom is -0.444 e. The van der Waals surface area contributed by atoms with Crippen molar-refractivity contribution < 1.29 is 27.4 Å². The van der Waals surface area contributed by atoms with Crippen molar-refractivity contribution in [3.8, 4) is 0 Å². The van der Waals surface area contributed by atoms with Gasteiger partial charge in [-0.15, -0.1) is 0 Å². The van der Waals surface area contributed by atoms with Crippen LogP contribution in [0.4, 0.5) is 23.7 Å². The Labute approximate surface area is 177 Å². The highest BCUT2D eigenvalue weighted by Gasteiger charge is 2.25. The maximum absolute atomic E-state index is 13.7. The molecule has 166 valence electrons. The van der Waals surface area contributed by atoms with E-state index in [1.54, 1.807) is 12.4 Å². The third kappa shape index (κ3) is 5.78. The molecule has 0 aliphatic carbocycles. The summed E-state index contributed by atoms with van der Waals surface area (Å²) in [6, 6.07) is 1.07. The van der Waals surface area contributed by atoms with E-state index < -0.39 is 41.8 Å². The molecule has 31 heavy (non-hydrogen) atoms. The van der Waals surface area contributed by atoms with Gasteiger partial charge in [0.1, 0.15) is 42.2 Å². The summed E-state index contributed by atoms with van der Waals surface area (Å²) < 4.78 is 51.0. The number of amides is 1. The molecule has 0 spiro atoms. The summed E-state index contributed by atoms with van der Waals surface area (Å²) in [4.78, 5) is 26.4. The van der Waals surface area contributed by atoms with Gasteiger partial charge in [0.15, 0.2) is 0 Å². The number of benzene rings is 1. The summed E-state index contributed by atoms with van der Waals surface area (Å²) in [5, 5.41) is 0. The van der Waals surface area contributed by atoms with Crippen LogP contribution in [0.5, 0.6) is 0 Å². The van der Waals surface area contributed by atoms with Gasteiger partial charge in [0.2, 0.25) is 0 Å². The first-order chi connectivity index (χ1) is 14.9. The van der Waals surface area contributed by atoms with Gasteiger partial charge in [-0.05, 0) is 6.42 Å². The Morgan fingerprint density at radius 3 is 2.84 bits per heavy atom. The number of hydrogen-bond acceptors (Lipinski definition) is 6. The molecule has 1 aliphatic rings. The second kappa shape index (κ2) is 10.3. The smallest absolute Gasteiger partial charge is 0.410 e. The molecule has 3 rings (SSSR count). The fraction of sp³-hybridized carbons (Fsp3) is 0.429. The van der Waals surface area contributed by atoms with Crippen molar-refractivity contribution in [1.82, 2.24) is 14.9 Å². The summed E-state index contributed by atoms with van der Waals surface area (Å²) in [5.41, 5.74) is 0.939. The molecule has 0 N–H and O–H groups in total. The van der Waals surface area contributed by atoms with Crippen LogP contribution in [0.2, 0.25) is 0 Å². The monoisotopic (exact) mass is 436 g/mol. The van der Waals surface area contributed by atoms with Crippen LogP contribution < -0.4 is 0 Å². The van der Waals surface area contributed by atoms with Crippen molar-refractivity contribution in [2.45, 2.75) is 38.9 Å². The van der Waals surface area contributed by atoms with E-state index in [2.05, 4.69) is 21.9 Å². The highest BCUT2D eigenvalue weighted by atomic mass is 19.1. The van der Waals surface area contributed by atoms with E-state index >= 15 is 0 Å². The van der Waals surface area contributed by atoms with Crippen molar-refractivity contribution in [2.75, 3.05) is 19.7 Å². The fourth-order valence-electron chi connectivity index (χ4n) is 3.03. The average Bonchev–Trinajstić information content (AvgIpc) is 2.76. The molecular formula is C21H23F3N4O3. The molecule has 1 unspecified atom stereocenters. The summed E-state index contributed by atoms with van der Waals surface area (Å²) in [6.45, 7) is 4.11. The van der Waals surface area contributed by atoms with E-state index in [1.807, 2.05) is 6.92 Å². The molecule has 1 aromatic carbocycles. The molecule has 2 aromatic rings. The predicted octanol–water partition coefficient (Wildman–Crippen LogP) is 4.15. The van der Waals surface area contributed by atoms with Crippen molar-refractivity contribution >= 4 is 18.0 Å². The van der Waals surface area contributed by atoms with Crippen LogP contribution in [0.15, 0.2) is 29.6 Å². The first-order valence-corrected chi connectivity index (χ1v) is 9.89. The predicted molar refractivity (Wildman–Crippen MR) is 107 cm³/mol. The van der Waals surface area contributed by atoms with Crippen molar-refractivity contribution in [3.63, 3.8) is 0 Å². The SMILES string of the molecule is CCC(C)c1ncncc1N=C[C@@H]1CN(C(=O)OCc2c(F)cc(F)cc2F)CCO1. The molecule has 1 aliphatic heterocycles. The number of ether oxygens (including phenoxy) is 2. The fourth-order valence-corrected chi connectivity index (χ4v) is 3.03. The summed E-state index contributed by atoms with van der Waals surface area (Å²) >= 11 is 0. The van der Waals surface area contributed by atoms with E-state index in [1.165, 1.54) is 11.2 Å². The number of rotatable bonds is 6. The Bertz CT molecular complexity index is 934. The Morgan fingerprint density at radius 2 is 2.13 bits per heavy atom. The average molecular weight is 436 g/mol. The van der Waals surface area contributed by atoms with Crippen LogP contribution >= 0.6 is 0 Å². The third-order valence-corrected chi connectivity index (χ3v) is 4.98. The number of morpholine rings is 1. The zero-order chi connectivity index (χ0) is 22.4. The molecule has 1 aromatic heterocycles. The Morgan fingerprint density at radius 1 is 1.39 bits per heavy atom. The standard InChI is InChI=1S/C21H23F3N4O3/c1-3-13(2)20-19(9-25-12-27-20)26-8-15-10-28(4-5-30-15)21(29)31-11-16-17(23)6-14(22)7-18(16)24/h6-9,12-13,15H,3-5,10-11H2,1-2H3/t13?,15-/m1/s1. The number of hydrogen-bond donors (Lipinski definition) is 0. The van der Waals surface area contributed by atoms with Crippen LogP contribution in [0.25, 0.3) is 0 Å². The van der Waals surface area contributed by atoms with Gasteiger partial charge in [-0.2, -0.15) is 0 Å². The molecule has 1 saturated heterocycles. The van der Waals surface area contributed by atoms with Crippen molar-refractivity contribution in [3.05, 3.63) is 53.4 Å². The van der Waals surface area contributed by atoms with Crippen LogP contribution in [-0.2, 0) is 16.1 Å². The van der Waals surface area contributed by atoms with Gasteiger partial charge >= 0.3 is 6.09 Å². The topological polar surface area (TPSA) is 76.9 Å². The molecule has 2 heterocycles. The Balaban J connectivity index is 1.61. The van der Waals surface area contributed by atoms with Gasteiger partial charge in [-0.1, -0.05) is 13.8 Å². The van der Waals surface area contributed by atoms with Crippen LogP contribution in [-0.4, -0.2) is 53.0 Å². The van der Waals surface area contributed by atoms with Crippen LogP contribution in [0.3, 0.4) is 0 Å². The summed E-state index contributed by atoms with van der Waals surface area (Å²) in [5.74, 6) is -3.05. The van der Waals surface area contributed by atoms with E-state index in [9.17, 15) is 18.0 Å². The van der Waals surface area contributed by atoms with E-state index in [0.717, 1.165) is 12.1 Å². The zero-order valence-electron chi connectivity index (χ0n) is 17.2. The van der Waals surface area contributed by atoms with E-state index in [-0.39, 0.29) is 25.6 Å². The highest BCUT2D eigenvalue weighted by Crippen LogP contribution is 2.25. The summed E-state index contributed by atoms with van der Waals surface area (Å²) in [6.07, 6.45) is 4.31. The van der Waals surface area contributed by atoms with Gasteiger partial charge in [-0.25, -0.2) is 27.9 Å². The maximum atomic E-state index is 13.7. The maximum Gasteiger partial charge on any atom is 0.410 e. The Hall–Kier alpha value is -3.01. The van der Waals surface area contributed by atoms with Crippen molar-refractivity contribution in [1.29, 1.82) is 0 Å². The first-order valence-electron chi connectivity index (χ1n) is 9.89. The molecule has 7 nitrogen and oxygen atoms in total. The van der Waals surface area contributed by atoms with E-state index in [0.29, 0.717) is 17.8 Å². The number of nitrogens with zero attached hydrogens (tertiary/aromatic N) is 4. The van der Waals surface area contributed by atoms with Gasteiger partial charge < -0.3 is 14.4 Å². The zero-order valence-corrected chi connectivity index (χ0v) is 17.2. The molecule has 2 atom stereocenters. The number of carbonyl (C=O) groups is 1. The van der Waals surface area contributed by atoms with Crippen molar-refractivity contribution in [2.24, 2.45) is 4.99 Å². The lowest BCUT2D eigenvalue weighted by Crippen LogP contribution is -2.46. The third-order valence-electron chi connectivity index (χ3n) is 4.98. The number of aliphatic imine (C=N–C) groups is 1. The molecule has 0 radical (unpaired) electrons. The number of carbonyl (C=O) groups excluding carboxylic acids is 1. The normalized spacial score (nSPS) is 17.7. The minimum absolute atomic E-state index is 0.156. The largest absolute Gasteiger partial charge is 0.444 e. The second-order valence-corrected chi connectivity index (χ2v) is 7.14. The summed E-state index contributed by atoms with van der Waals surface area (Å²) in [7, 11) is 0. The molecule has 0 saturated carbocycles. The minimum atomic E-state index is -1.11. The molecule has 10 heteroatoms. The molecule has 1 amide bonds. The Kier molecular flexibility index (Phi) is 7.56. The molecular weight excluding hydrogens is 413 g/mol. The number of halogens is 3. The van der Waals surface area contributed by atoms with Gasteiger partial charge in [0.05, 0.1) is 30.6 Å². The first kappa shape index (κ1) is 22.7.